The van der Waals surface area contributed by atoms with Crippen molar-refractivity contribution < 1.29 is 9.53 Å². The van der Waals surface area contributed by atoms with Gasteiger partial charge >= 0.3 is 6.09 Å². The summed E-state index contributed by atoms with van der Waals surface area (Å²) in [5.74, 6) is 0. The Hall–Kier alpha value is -2.49. The summed E-state index contributed by atoms with van der Waals surface area (Å²) in [6.07, 6.45) is -0.451. The first-order chi connectivity index (χ1) is 11.9. The number of ether oxygens (including phenoxy) is 1. The van der Waals surface area contributed by atoms with Crippen LogP contribution in [0.15, 0.2) is 48.5 Å². The lowest BCUT2D eigenvalue weighted by Crippen LogP contribution is -2.28. The zero-order valence-corrected chi connectivity index (χ0v) is 15.8. The van der Waals surface area contributed by atoms with Gasteiger partial charge in [-0.25, -0.2) is 4.79 Å². The van der Waals surface area contributed by atoms with Crippen LogP contribution >= 0.6 is 0 Å². The lowest BCUT2D eigenvalue weighted by atomic mass is 9.98. The van der Waals surface area contributed by atoms with E-state index in [1.54, 1.807) is 0 Å². The second-order valence-corrected chi connectivity index (χ2v) is 6.56. The minimum absolute atomic E-state index is 0.451. The molecule has 0 fully saturated rings. The summed E-state index contributed by atoms with van der Waals surface area (Å²) >= 11 is 0. The van der Waals surface area contributed by atoms with Crippen LogP contribution in [0, 0.1) is 6.92 Å². The SMILES string of the molecule is CCN(CC)c1ccc(NC(=O)OC(C)(C)c2ccccc2)c(C)c1. The van der Waals surface area contributed by atoms with Crippen molar-refractivity contribution >= 4 is 17.5 Å². The van der Waals surface area contributed by atoms with Crippen LogP contribution in [0.2, 0.25) is 0 Å². The van der Waals surface area contributed by atoms with Crippen LogP contribution < -0.4 is 10.2 Å². The Labute approximate surface area is 150 Å². The van der Waals surface area contributed by atoms with Gasteiger partial charge in [0.2, 0.25) is 0 Å². The minimum atomic E-state index is -0.694. The van der Waals surface area contributed by atoms with E-state index in [0.717, 1.165) is 35.6 Å². The van der Waals surface area contributed by atoms with E-state index in [1.165, 1.54) is 0 Å². The molecule has 0 heterocycles. The van der Waals surface area contributed by atoms with Gasteiger partial charge in [0.15, 0.2) is 0 Å². The molecule has 0 aliphatic rings. The maximum Gasteiger partial charge on any atom is 0.412 e. The maximum absolute atomic E-state index is 12.3. The lowest BCUT2D eigenvalue weighted by Gasteiger charge is -2.26. The van der Waals surface area contributed by atoms with Crippen molar-refractivity contribution in [3.05, 3.63) is 59.7 Å². The maximum atomic E-state index is 12.3. The van der Waals surface area contributed by atoms with Crippen LogP contribution in [0.4, 0.5) is 16.2 Å². The molecule has 0 radical (unpaired) electrons. The second kappa shape index (κ2) is 8.06. The molecule has 2 aromatic carbocycles. The molecule has 1 amide bonds. The monoisotopic (exact) mass is 340 g/mol. The third-order valence-corrected chi connectivity index (χ3v) is 4.39. The Bertz CT molecular complexity index is 707. The molecule has 0 saturated carbocycles. The quantitative estimate of drug-likeness (QED) is 0.773. The zero-order chi connectivity index (χ0) is 18.4. The van der Waals surface area contributed by atoms with Crippen LogP contribution in [-0.2, 0) is 10.3 Å². The third kappa shape index (κ3) is 4.75. The van der Waals surface area contributed by atoms with Crippen LogP contribution in [0.3, 0.4) is 0 Å². The molecule has 0 spiro atoms. The molecule has 4 heteroatoms. The zero-order valence-electron chi connectivity index (χ0n) is 15.8. The summed E-state index contributed by atoms with van der Waals surface area (Å²) in [6.45, 7) is 11.9. The average molecular weight is 340 g/mol. The standard InChI is InChI=1S/C21H28N2O2/c1-6-23(7-2)18-13-14-19(16(3)15-18)22-20(24)25-21(4,5)17-11-9-8-10-12-17/h8-15H,6-7H2,1-5H3,(H,22,24). The number of amides is 1. The van der Waals surface area contributed by atoms with Gasteiger partial charge in [-0.3, -0.25) is 5.32 Å². The molecule has 0 aliphatic heterocycles. The summed E-state index contributed by atoms with van der Waals surface area (Å²) in [6, 6.07) is 15.8. The number of anilines is 2. The van der Waals surface area contributed by atoms with Crippen molar-refractivity contribution in [1.82, 2.24) is 0 Å². The first kappa shape index (κ1) is 18.8. The summed E-state index contributed by atoms with van der Waals surface area (Å²) in [5.41, 5.74) is 3.20. The molecule has 25 heavy (non-hydrogen) atoms. The van der Waals surface area contributed by atoms with Gasteiger partial charge in [0.25, 0.3) is 0 Å². The third-order valence-electron chi connectivity index (χ3n) is 4.39. The fraction of sp³-hybridized carbons (Fsp3) is 0.381. The molecule has 0 saturated heterocycles. The van der Waals surface area contributed by atoms with Crippen molar-refractivity contribution in [3.8, 4) is 0 Å². The van der Waals surface area contributed by atoms with Gasteiger partial charge in [-0.1, -0.05) is 30.3 Å². The van der Waals surface area contributed by atoms with Crippen LogP contribution in [0.25, 0.3) is 0 Å². The molecule has 0 bridgehead atoms. The van der Waals surface area contributed by atoms with Gasteiger partial charge in [-0.05, 0) is 63.9 Å². The molecular weight excluding hydrogens is 312 g/mol. The summed E-state index contributed by atoms with van der Waals surface area (Å²) in [4.78, 5) is 14.6. The molecule has 0 aromatic heterocycles. The molecule has 4 nitrogen and oxygen atoms in total. The molecule has 134 valence electrons. The first-order valence-electron chi connectivity index (χ1n) is 8.78. The highest BCUT2D eigenvalue weighted by Crippen LogP contribution is 2.26. The van der Waals surface area contributed by atoms with Gasteiger partial charge < -0.3 is 9.64 Å². The van der Waals surface area contributed by atoms with Gasteiger partial charge in [0.05, 0.1) is 0 Å². The number of carbonyl (C=O) groups excluding carboxylic acids is 1. The largest absolute Gasteiger partial charge is 0.438 e. The van der Waals surface area contributed by atoms with Crippen molar-refractivity contribution in [1.29, 1.82) is 0 Å². The van der Waals surface area contributed by atoms with Crippen molar-refractivity contribution in [2.24, 2.45) is 0 Å². The predicted molar refractivity (Wildman–Crippen MR) is 104 cm³/mol. The molecule has 1 N–H and O–H groups in total. The average Bonchev–Trinajstić information content (AvgIpc) is 2.58. The number of nitrogens with zero attached hydrogens (tertiary/aromatic N) is 1. The van der Waals surface area contributed by atoms with E-state index in [4.69, 9.17) is 4.74 Å². The highest BCUT2D eigenvalue weighted by atomic mass is 16.6. The van der Waals surface area contributed by atoms with E-state index in [2.05, 4.69) is 30.1 Å². The molecule has 2 rings (SSSR count). The highest BCUT2D eigenvalue weighted by Gasteiger charge is 2.25. The Kier molecular flexibility index (Phi) is 6.07. The first-order valence-corrected chi connectivity index (χ1v) is 8.78. The van der Waals surface area contributed by atoms with E-state index < -0.39 is 11.7 Å². The summed E-state index contributed by atoms with van der Waals surface area (Å²) in [7, 11) is 0. The summed E-state index contributed by atoms with van der Waals surface area (Å²) < 4.78 is 5.64. The van der Waals surface area contributed by atoms with Crippen molar-refractivity contribution in [2.45, 2.75) is 40.2 Å². The number of nitrogens with one attached hydrogen (secondary N) is 1. The number of carbonyl (C=O) groups is 1. The van der Waals surface area contributed by atoms with E-state index >= 15 is 0 Å². The lowest BCUT2D eigenvalue weighted by molar-refractivity contribution is 0.0466. The Balaban J connectivity index is 2.08. The molecule has 0 aliphatic carbocycles. The molecule has 0 atom stereocenters. The Morgan fingerprint density at radius 1 is 1.08 bits per heavy atom. The Morgan fingerprint density at radius 2 is 1.72 bits per heavy atom. The number of hydrogen-bond donors (Lipinski definition) is 1. The van der Waals surface area contributed by atoms with Gasteiger partial charge in [0, 0.05) is 24.5 Å². The fourth-order valence-electron chi connectivity index (χ4n) is 2.84. The van der Waals surface area contributed by atoms with E-state index in [-0.39, 0.29) is 0 Å². The number of aryl methyl sites for hydroxylation is 1. The van der Waals surface area contributed by atoms with E-state index in [9.17, 15) is 4.79 Å². The van der Waals surface area contributed by atoms with Crippen molar-refractivity contribution in [2.75, 3.05) is 23.3 Å². The Morgan fingerprint density at radius 3 is 2.28 bits per heavy atom. The summed E-state index contributed by atoms with van der Waals surface area (Å²) in [5, 5.41) is 2.86. The van der Waals surface area contributed by atoms with Crippen LogP contribution in [0.5, 0.6) is 0 Å². The highest BCUT2D eigenvalue weighted by molar-refractivity contribution is 5.86. The van der Waals surface area contributed by atoms with Gasteiger partial charge in [0.1, 0.15) is 5.60 Å². The number of rotatable bonds is 6. The number of benzene rings is 2. The smallest absolute Gasteiger partial charge is 0.412 e. The van der Waals surface area contributed by atoms with Crippen molar-refractivity contribution in [3.63, 3.8) is 0 Å². The van der Waals surface area contributed by atoms with Crippen LogP contribution in [-0.4, -0.2) is 19.2 Å². The van der Waals surface area contributed by atoms with E-state index in [0.29, 0.717) is 0 Å². The number of hydrogen-bond acceptors (Lipinski definition) is 3. The molecule has 2 aromatic rings. The molecule has 0 unspecified atom stereocenters. The van der Waals surface area contributed by atoms with Gasteiger partial charge in [-0.15, -0.1) is 0 Å². The van der Waals surface area contributed by atoms with E-state index in [1.807, 2.05) is 63.2 Å². The van der Waals surface area contributed by atoms with Gasteiger partial charge in [-0.2, -0.15) is 0 Å². The normalized spacial score (nSPS) is 11.1. The molecular formula is C21H28N2O2. The second-order valence-electron chi connectivity index (χ2n) is 6.56. The topological polar surface area (TPSA) is 41.6 Å². The van der Waals surface area contributed by atoms with Crippen LogP contribution in [0.1, 0.15) is 38.8 Å². The predicted octanol–water partition coefficient (Wildman–Crippen LogP) is 5.33. The minimum Gasteiger partial charge on any atom is -0.438 e. The fourth-order valence-corrected chi connectivity index (χ4v) is 2.84.